The number of rotatable bonds is 4. The predicted molar refractivity (Wildman–Crippen MR) is 82.2 cm³/mol. The quantitative estimate of drug-likeness (QED) is 0.831. The normalized spacial score (nSPS) is 18.1. The van der Waals surface area contributed by atoms with E-state index in [9.17, 15) is 10.1 Å². The lowest BCUT2D eigenvalue weighted by molar-refractivity contribution is -0.123. The zero-order valence-corrected chi connectivity index (χ0v) is 12.7. The van der Waals surface area contributed by atoms with Crippen LogP contribution in [0.5, 0.6) is 5.75 Å². The molecule has 1 saturated carbocycles. The molecule has 1 atom stereocenters. The highest BCUT2D eigenvalue weighted by molar-refractivity contribution is 5.91. The molecule has 3 heteroatoms. The van der Waals surface area contributed by atoms with Crippen LogP contribution in [0.1, 0.15) is 56.4 Å². The molecule has 0 heterocycles. The van der Waals surface area contributed by atoms with E-state index in [0.717, 1.165) is 25.7 Å². The maximum Gasteiger partial charge on any atom is 0.157 e. The molecule has 112 valence electrons. The van der Waals surface area contributed by atoms with Crippen molar-refractivity contribution in [3.63, 3.8) is 0 Å². The monoisotopic (exact) mass is 285 g/mol. The van der Waals surface area contributed by atoms with E-state index < -0.39 is 5.92 Å². The lowest BCUT2D eigenvalue weighted by Crippen LogP contribution is -2.22. The minimum Gasteiger partial charge on any atom is -0.496 e. The van der Waals surface area contributed by atoms with Crippen LogP contribution in [0, 0.1) is 17.2 Å². The van der Waals surface area contributed by atoms with Crippen LogP contribution in [0.3, 0.4) is 0 Å². The summed E-state index contributed by atoms with van der Waals surface area (Å²) in [7, 11) is 1.58. The first kappa shape index (κ1) is 15.6. The molecule has 0 amide bonds. The zero-order valence-electron chi connectivity index (χ0n) is 12.7. The third kappa shape index (κ3) is 3.85. The van der Waals surface area contributed by atoms with Gasteiger partial charge in [-0.1, -0.05) is 50.3 Å². The molecule has 0 aromatic heterocycles. The maximum atomic E-state index is 12.8. The number of methoxy groups -OCH3 is 1. The fourth-order valence-corrected chi connectivity index (χ4v) is 3.17. The first-order valence-electron chi connectivity index (χ1n) is 7.84. The topological polar surface area (TPSA) is 50.1 Å². The van der Waals surface area contributed by atoms with Gasteiger partial charge in [0.15, 0.2) is 5.78 Å². The average Bonchev–Trinajstić information content (AvgIpc) is 2.48. The van der Waals surface area contributed by atoms with E-state index in [0.29, 0.717) is 11.3 Å². The summed E-state index contributed by atoms with van der Waals surface area (Å²) in [5.74, 6) is 0.0255. The molecule has 0 saturated heterocycles. The number of nitriles is 1. The van der Waals surface area contributed by atoms with Crippen LogP contribution in [0.25, 0.3) is 0 Å². The summed E-state index contributed by atoms with van der Waals surface area (Å²) in [6, 6.07) is 9.55. The molecule has 2 rings (SSSR count). The van der Waals surface area contributed by atoms with E-state index in [2.05, 4.69) is 6.07 Å². The molecule has 0 radical (unpaired) electrons. The Morgan fingerprint density at radius 3 is 2.43 bits per heavy atom. The van der Waals surface area contributed by atoms with E-state index in [4.69, 9.17) is 4.74 Å². The van der Waals surface area contributed by atoms with Crippen LogP contribution in [-0.4, -0.2) is 12.9 Å². The highest BCUT2D eigenvalue weighted by Gasteiger charge is 2.30. The Balaban J connectivity index is 2.19. The summed E-state index contributed by atoms with van der Waals surface area (Å²) in [6.07, 6.45) is 7.72. The Morgan fingerprint density at radius 1 is 1.19 bits per heavy atom. The number of ketones is 1. The Labute approximate surface area is 126 Å². The molecule has 0 N–H and O–H groups in total. The Hall–Kier alpha value is -1.82. The number of hydrogen-bond acceptors (Lipinski definition) is 3. The van der Waals surface area contributed by atoms with Crippen molar-refractivity contribution < 1.29 is 9.53 Å². The van der Waals surface area contributed by atoms with Crippen LogP contribution in [0.2, 0.25) is 0 Å². The predicted octanol–water partition coefficient (Wildman–Crippen LogP) is 4.23. The van der Waals surface area contributed by atoms with E-state index in [1.165, 1.54) is 19.3 Å². The highest BCUT2D eigenvalue weighted by Crippen LogP contribution is 2.32. The van der Waals surface area contributed by atoms with Crippen molar-refractivity contribution in [3.8, 4) is 11.8 Å². The average molecular weight is 285 g/mol. The van der Waals surface area contributed by atoms with Gasteiger partial charge in [0.25, 0.3) is 0 Å². The van der Waals surface area contributed by atoms with Crippen molar-refractivity contribution in [2.75, 3.05) is 7.11 Å². The molecule has 0 bridgehead atoms. The number of carbonyl (C=O) groups is 1. The summed E-state index contributed by atoms with van der Waals surface area (Å²) < 4.78 is 5.31. The minimum atomic E-state index is -0.703. The third-order valence-corrected chi connectivity index (χ3v) is 4.37. The van der Waals surface area contributed by atoms with Crippen molar-refractivity contribution in [3.05, 3.63) is 29.8 Å². The lowest BCUT2D eigenvalue weighted by atomic mass is 9.81. The summed E-state index contributed by atoms with van der Waals surface area (Å²) in [4.78, 5) is 12.8. The molecule has 1 fully saturated rings. The van der Waals surface area contributed by atoms with Gasteiger partial charge in [-0.2, -0.15) is 5.26 Å². The Kier molecular flexibility index (Phi) is 5.80. The van der Waals surface area contributed by atoms with Gasteiger partial charge < -0.3 is 4.74 Å². The van der Waals surface area contributed by atoms with Crippen molar-refractivity contribution in [2.45, 2.75) is 50.9 Å². The van der Waals surface area contributed by atoms with E-state index >= 15 is 0 Å². The molecule has 1 unspecified atom stereocenters. The Morgan fingerprint density at radius 2 is 1.81 bits per heavy atom. The smallest absolute Gasteiger partial charge is 0.157 e. The van der Waals surface area contributed by atoms with Crippen LogP contribution >= 0.6 is 0 Å². The fraction of sp³-hybridized carbons (Fsp3) is 0.556. The maximum absolute atomic E-state index is 12.8. The summed E-state index contributed by atoms with van der Waals surface area (Å²) in [5, 5.41) is 9.50. The number of para-hydroxylation sites is 1. The second kappa shape index (κ2) is 7.83. The van der Waals surface area contributed by atoms with Gasteiger partial charge in [-0.3, -0.25) is 4.79 Å². The first-order chi connectivity index (χ1) is 10.3. The lowest BCUT2D eigenvalue weighted by Gasteiger charge is -2.21. The number of hydrogen-bond donors (Lipinski definition) is 0. The second-order valence-electron chi connectivity index (χ2n) is 5.75. The van der Waals surface area contributed by atoms with Gasteiger partial charge in [-0.25, -0.2) is 0 Å². The molecule has 1 aromatic rings. The SMILES string of the molecule is COc1ccccc1C(C#N)C(=O)C1CCCCCCC1. The molecule has 1 aliphatic carbocycles. The number of Topliss-reactive ketones (excluding diaryl/α,β-unsaturated/α-hetero) is 1. The second-order valence-corrected chi connectivity index (χ2v) is 5.75. The molecule has 21 heavy (non-hydrogen) atoms. The molecular formula is C18H23NO2. The molecule has 1 aromatic carbocycles. The molecule has 3 nitrogen and oxygen atoms in total. The Bertz CT molecular complexity index is 510. The molecule has 0 spiro atoms. The van der Waals surface area contributed by atoms with Gasteiger partial charge in [0, 0.05) is 11.5 Å². The first-order valence-corrected chi connectivity index (χ1v) is 7.84. The standard InChI is InChI=1S/C18H23NO2/c1-21-17-12-8-7-11-15(17)16(13-19)18(20)14-9-5-3-2-4-6-10-14/h7-8,11-12,14,16H,2-6,9-10H2,1H3. The van der Waals surface area contributed by atoms with Crippen molar-refractivity contribution >= 4 is 5.78 Å². The fourth-order valence-electron chi connectivity index (χ4n) is 3.17. The summed E-state index contributed by atoms with van der Waals surface area (Å²) >= 11 is 0. The van der Waals surface area contributed by atoms with Gasteiger partial charge in [-0.15, -0.1) is 0 Å². The highest BCUT2D eigenvalue weighted by atomic mass is 16.5. The third-order valence-electron chi connectivity index (χ3n) is 4.37. The molecule has 0 aliphatic heterocycles. The van der Waals surface area contributed by atoms with Crippen LogP contribution in [-0.2, 0) is 4.79 Å². The van der Waals surface area contributed by atoms with Gasteiger partial charge >= 0.3 is 0 Å². The number of ether oxygens (including phenoxy) is 1. The van der Waals surface area contributed by atoms with Crippen LogP contribution < -0.4 is 4.74 Å². The van der Waals surface area contributed by atoms with E-state index in [1.807, 2.05) is 24.3 Å². The molecule has 1 aliphatic rings. The largest absolute Gasteiger partial charge is 0.496 e. The minimum absolute atomic E-state index is 0.0277. The molecular weight excluding hydrogens is 262 g/mol. The summed E-state index contributed by atoms with van der Waals surface area (Å²) in [6.45, 7) is 0. The zero-order chi connectivity index (χ0) is 15.1. The van der Waals surface area contributed by atoms with Crippen LogP contribution in [0.4, 0.5) is 0 Å². The van der Waals surface area contributed by atoms with Gasteiger partial charge in [0.1, 0.15) is 11.7 Å². The van der Waals surface area contributed by atoms with Gasteiger partial charge in [0.05, 0.1) is 13.2 Å². The van der Waals surface area contributed by atoms with Crippen molar-refractivity contribution in [1.82, 2.24) is 0 Å². The van der Waals surface area contributed by atoms with Gasteiger partial charge in [-0.05, 0) is 18.9 Å². The van der Waals surface area contributed by atoms with Crippen LogP contribution in [0.15, 0.2) is 24.3 Å². The van der Waals surface area contributed by atoms with Crippen molar-refractivity contribution in [1.29, 1.82) is 5.26 Å². The summed E-state index contributed by atoms with van der Waals surface area (Å²) in [5.41, 5.74) is 0.703. The number of benzene rings is 1. The van der Waals surface area contributed by atoms with E-state index in [-0.39, 0.29) is 11.7 Å². The van der Waals surface area contributed by atoms with Crippen molar-refractivity contribution in [2.24, 2.45) is 5.92 Å². The van der Waals surface area contributed by atoms with Gasteiger partial charge in [0.2, 0.25) is 0 Å². The number of carbonyl (C=O) groups excluding carboxylic acids is 1. The number of nitrogens with zero attached hydrogens (tertiary/aromatic N) is 1. The van der Waals surface area contributed by atoms with E-state index in [1.54, 1.807) is 7.11 Å².